The number of carbonyl (C=O) groups excluding carboxylic acids is 3. The van der Waals surface area contributed by atoms with Crippen LogP contribution in [0.15, 0.2) is 84.9 Å². The van der Waals surface area contributed by atoms with E-state index in [9.17, 15) is 14.4 Å². The lowest BCUT2D eigenvalue weighted by atomic mass is 9.60. The summed E-state index contributed by atoms with van der Waals surface area (Å²) < 4.78 is 5.53. The van der Waals surface area contributed by atoms with Crippen molar-refractivity contribution in [1.82, 2.24) is 0 Å². The molecule has 2 bridgehead atoms. The minimum atomic E-state index is -1.09. The molecule has 1 aliphatic heterocycles. The lowest BCUT2D eigenvalue weighted by Gasteiger charge is -2.38. The van der Waals surface area contributed by atoms with Gasteiger partial charge in [-0.25, -0.2) is 4.90 Å². The lowest BCUT2D eigenvalue weighted by molar-refractivity contribution is -0.134. The molecule has 37 heavy (non-hydrogen) atoms. The van der Waals surface area contributed by atoms with Crippen LogP contribution in [0.1, 0.15) is 37.8 Å². The van der Waals surface area contributed by atoms with Gasteiger partial charge in [-0.2, -0.15) is 0 Å². The summed E-state index contributed by atoms with van der Waals surface area (Å²) in [6.45, 7) is 3.95. The zero-order chi connectivity index (χ0) is 25.9. The average molecular weight is 492 g/mol. The van der Waals surface area contributed by atoms with E-state index < -0.39 is 22.7 Å². The molecule has 1 saturated carbocycles. The molecule has 3 aromatic rings. The van der Waals surface area contributed by atoms with Crippen LogP contribution in [0.25, 0.3) is 11.1 Å². The highest BCUT2D eigenvalue weighted by Gasteiger charge is 2.80. The van der Waals surface area contributed by atoms with Gasteiger partial charge in [0.05, 0.1) is 35.5 Å². The molecule has 4 atom stereocenters. The van der Waals surface area contributed by atoms with Crippen LogP contribution in [0.2, 0.25) is 0 Å². The summed E-state index contributed by atoms with van der Waals surface area (Å²) in [6, 6.07) is 26.9. The number of amides is 2. The molecule has 2 amide bonds. The van der Waals surface area contributed by atoms with Crippen LogP contribution in [0.5, 0.6) is 5.75 Å². The Balaban J connectivity index is 1.67. The van der Waals surface area contributed by atoms with Crippen molar-refractivity contribution in [3.8, 4) is 5.75 Å². The lowest BCUT2D eigenvalue weighted by Crippen LogP contribution is -2.42. The van der Waals surface area contributed by atoms with Crippen molar-refractivity contribution in [3.05, 3.63) is 96.1 Å². The third kappa shape index (κ3) is 2.72. The van der Waals surface area contributed by atoms with Gasteiger partial charge in [0, 0.05) is 0 Å². The van der Waals surface area contributed by atoms with E-state index in [-0.39, 0.29) is 17.6 Å². The Kier molecular flexibility index (Phi) is 5.23. The Morgan fingerprint density at radius 1 is 0.676 bits per heavy atom. The zero-order valence-corrected chi connectivity index (χ0v) is 21.2. The van der Waals surface area contributed by atoms with Crippen molar-refractivity contribution in [3.63, 3.8) is 0 Å². The number of para-hydroxylation sites is 2. The van der Waals surface area contributed by atoms with E-state index in [1.807, 2.05) is 80.6 Å². The van der Waals surface area contributed by atoms with E-state index in [1.54, 1.807) is 18.2 Å². The molecule has 3 aliphatic rings. The number of methoxy groups -OCH3 is 1. The largest absolute Gasteiger partial charge is 0.495 e. The first-order chi connectivity index (χ1) is 18.0. The predicted octanol–water partition coefficient (Wildman–Crippen LogP) is 5.80. The van der Waals surface area contributed by atoms with Gasteiger partial charge >= 0.3 is 0 Å². The fourth-order valence-electron chi connectivity index (χ4n) is 7.51. The van der Waals surface area contributed by atoms with E-state index in [0.29, 0.717) is 24.3 Å². The first kappa shape index (κ1) is 23.4. The molecule has 6 rings (SSSR count). The molecule has 1 heterocycles. The maximum absolute atomic E-state index is 14.7. The van der Waals surface area contributed by atoms with Gasteiger partial charge in [0.25, 0.3) is 0 Å². The predicted molar refractivity (Wildman–Crippen MR) is 143 cm³/mol. The number of fused-ring (bicyclic) bond motifs is 5. The van der Waals surface area contributed by atoms with E-state index in [4.69, 9.17) is 4.74 Å². The molecular formula is C32H29NO4. The molecule has 4 unspecified atom stereocenters. The molecule has 5 heteroatoms. The van der Waals surface area contributed by atoms with Crippen molar-refractivity contribution in [1.29, 1.82) is 0 Å². The number of Topliss-reactive ketones (excluding diaryl/α,β-unsaturated/α-hetero) is 1. The molecule has 0 N–H and O–H groups in total. The van der Waals surface area contributed by atoms with Gasteiger partial charge < -0.3 is 4.74 Å². The summed E-state index contributed by atoms with van der Waals surface area (Å²) >= 11 is 0. The number of benzene rings is 3. The normalized spacial score (nSPS) is 28.3. The minimum Gasteiger partial charge on any atom is -0.495 e. The highest BCUT2D eigenvalue weighted by molar-refractivity contribution is 6.35. The third-order valence-corrected chi connectivity index (χ3v) is 8.89. The standard InChI is InChI=1S/C32H29NO4/c1-4-31-24(20-14-8-6-9-15-20)25(21-16-10-7-11-17-21)32(5-2,30(31)36)27-26(31)28(34)33(29(27)35)22-18-12-13-19-23(22)37-3/h6-19,26-27H,4-5H2,1-3H3. The molecule has 2 aliphatic carbocycles. The SMILES string of the molecule is CCC12C(=O)C(CC)(C(c3ccccc3)=C1c1ccccc1)C1C(=O)N(c3ccccc3OC)C(=O)C12. The van der Waals surface area contributed by atoms with Gasteiger partial charge in [-0.15, -0.1) is 0 Å². The molecule has 3 aromatic carbocycles. The monoisotopic (exact) mass is 491 g/mol. The Morgan fingerprint density at radius 3 is 1.54 bits per heavy atom. The number of rotatable bonds is 6. The summed E-state index contributed by atoms with van der Waals surface area (Å²) in [5.41, 5.74) is 1.92. The summed E-state index contributed by atoms with van der Waals surface area (Å²) in [5, 5.41) is 0. The second-order valence-corrected chi connectivity index (χ2v) is 10.1. The van der Waals surface area contributed by atoms with E-state index in [2.05, 4.69) is 0 Å². The summed E-state index contributed by atoms with van der Waals surface area (Å²) in [5.74, 6) is -1.68. The highest BCUT2D eigenvalue weighted by atomic mass is 16.5. The van der Waals surface area contributed by atoms with Crippen LogP contribution in [0, 0.1) is 22.7 Å². The maximum atomic E-state index is 14.7. The summed E-state index contributed by atoms with van der Waals surface area (Å²) in [7, 11) is 1.53. The van der Waals surface area contributed by atoms with Crippen LogP contribution in [-0.4, -0.2) is 24.7 Å². The van der Waals surface area contributed by atoms with E-state index >= 15 is 0 Å². The Hall–Kier alpha value is -3.99. The Bertz CT molecular complexity index is 1370. The van der Waals surface area contributed by atoms with Crippen molar-refractivity contribution < 1.29 is 19.1 Å². The minimum absolute atomic E-state index is 0.0130. The van der Waals surface area contributed by atoms with Crippen LogP contribution in [0.4, 0.5) is 5.69 Å². The second kappa shape index (κ2) is 8.27. The van der Waals surface area contributed by atoms with Gasteiger partial charge in [-0.1, -0.05) is 86.6 Å². The molecular weight excluding hydrogens is 462 g/mol. The first-order valence-electron chi connectivity index (χ1n) is 12.9. The van der Waals surface area contributed by atoms with Crippen LogP contribution >= 0.6 is 0 Å². The van der Waals surface area contributed by atoms with Gasteiger partial charge in [0.15, 0.2) is 5.78 Å². The van der Waals surface area contributed by atoms with Gasteiger partial charge in [0.1, 0.15) is 5.75 Å². The smallest absolute Gasteiger partial charge is 0.239 e. The van der Waals surface area contributed by atoms with Crippen molar-refractivity contribution in [2.24, 2.45) is 22.7 Å². The maximum Gasteiger partial charge on any atom is 0.239 e. The molecule has 1 saturated heterocycles. The van der Waals surface area contributed by atoms with E-state index in [1.165, 1.54) is 12.0 Å². The quantitative estimate of drug-likeness (QED) is 0.409. The second-order valence-electron chi connectivity index (χ2n) is 10.1. The number of ether oxygens (including phenoxy) is 1. The van der Waals surface area contributed by atoms with Crippen LogP contribution < -0.4 is 9.64 Å². The van der Waals surface area contributed by atoms with Gasteiger partial charge in [0.2, 0.25) is 11.8 Å². The van der Waals surface area contributed by atoms with Gasteiger partial charge in [-0.05, 0) is 47.2 Å². The number of hydrogen-bond donors (Lipinski definition) is 0. The number of hydrogen-bond acceptors (Lipinski definition) is 4. The number of allylic oxidation sites excluding steroid dienone is 2. The summed E-state index contributed by atoms with van der Waals surface area (Å²) in [6.07, 6.45) is 0.877. The fraction of sp³-hybridized carbons (Fsp3) is 0.281. The van der Waals surface area contributed by atoms with Crippen molar-refractivity contribution >= 4 is 34.4 Å². The number of anilines is 1. The first-order valence-corrected chi connectivity index (χ1v) is 12.9. The summed E-state index contributed by atoms with van der Waals surface area (Å²) in [4.78, 5) is 44.6. The van der Waals surface area contributed by atoms with Crippen LogP contribution in [-0.2, 0) is 14.4 Å². The van der Waals surface area contributed by atoms with Crippen molar-refractivity contribution in [2.45, 2.75) is 26.7 Å². The Labute approximate surface area is 216 Å². The molecule has 0 spiro atoms. The molecule has 186 valence electrons. The fourth-order valence-corrected chi connectivity index (χ4v) is 7.51. The number of ketones is 1. The number of nitrogens with zero attached hydrogens (tertiary/aromatic N) is 1. The van der Waals surface area contributed by atoms with Crippen molar-refractivity contribution in [2.75, 3.05) is 12.0 Å². The molecule has 2 fully saturated rings. The Morgan fingerprint density at radius 2 is 1.11 bits per heavy atom. The topological polar surface area (TPSA) is 63.7 Å². The number of imide groups is 1. The third-order valence-electron chi connectivity index (χ3n) is 8.89. The van der Waals surface area contributed by atoms with Gasteiger partial charge in [-0.3, -0.25) is 14.4 Å². The average Bonchev–Trinajstić information content (AvgIpc) is 3.45. The number of carbonyl (C=O) groups is 3. The molecule has 0 radical (unpaired) electrons. The molecule has 5 nitrogen and oxygen atoms in total. The van der Waals surface area contributed by atoms with Crippen LogP contribution in [0.3, 0.4) is 0 Å². The zero-order valence-electron chi connectivity index (χ0n) is 21.2. The highest BCUT2D eigenvalue weighted by Crippen LogP contribution is 2.75. The molecule has 0 aromatic heterocycles. The van der Waals surface area contributed by atoms with E-state index in [0.717, 1.165) is 22.3 Å².